The molecular formula is C15H20OSi. The van der Waals surface area contributed by atoms with E-state index in [0.29, 0.717) is 5.04 Å². The summed E-state index contributed by atoms with van der Waals surface area (Å²) < 4.78 is 6.11. The van der Waals surface area contributed by atoms with Gasteiger partial charge >= 0.3 is 0 Å². The van der Waals surface area contributed by atoms with E-state index in [1.807, 2.05) is 6.26 Å². The summed E-state index contributed by atoms with van der Waals surface area (Å²) in [6.07, 6.45) is 6.52. The molecule has 3 rings (SSSR count). The van der Waals surface area contributed by atoms with E-state index in [1.54, 1.807) is 0 Å². The second-order valence-corrected chi connectivity index (χ2v) is 11.9. The number of hydrogen-bond acceptors (Lipinski definition) is 1. The fraction of sp³-hybridized carbons (Fsp3) is 0.467. The molecule has 2 atom stereocenters. The molecule has 0 N–H and O–H groups in total. The van der Waals surface area contributed by atoms with Crippen LogP contribution in [-0.4, -0.2) is 8.07 Å². The van der Waals surface area contributed by atoms with Gasteiger partial charge in [0.05, 0.1) is 14.3 Å². The summed E-state index contributed by atoms with van der Waals surface area (Å²) in [7, 11) is -1.24. The quantitative estimate of drug-likeness (QED) is 0.705. The Balaban J connectivity index is 2.08. The Kier molecular flexibility index (Phi) is 2.12. The third-order valence-electron chi connectivity index (χ3n) is 4.71. The van der Waals surface area contributed by atoms with Crippen LogP contribution in [0, 0.1) is 0 Å². The minimum atomic E-state index is -1.24. The van der Waals surface area contributed by atoms with E-state index in [-0.39, 0.29) is 5.60 Å². The zero-order valence-corrected chi connectivity index (χ0v) is 11.9. The largest absolute Gasteiger partial charge is 0.490 e. The molecule has 1 aromatic rings. The van der Waals surface area contributed by atoms with E-state index in [4.69, 9.17) is 4.74 Å². The van der Waals surface area contributed by atoms with Crippen LogP contribution in [0.3, 0.4) is 0 Å². The van der Waals surface area contributed by atoms with Crippen LogP contribution in [0.4, 0.5) is 0 Å². The summed E-state index contributed by atoms with van der Waals surface area (Å²) in [5.74, 6) is 0. The first-order chi connectivity index (χ1) is 8.02. The lowest BCUT2D eigenvalue weighted by atomic mass is 10.0. The van der Waals surface area contributed by atoms with Gasteiger partial charge in [-0.15, -0.1) is 0 Å². The molecule has 0 bridgehead atoms. The topological polar surface area (TPSA) is 9.23 Å². The molecule has 1 heterocycles. The number of hydrogen-bond donors (Lipinski definition) is 0. The molecule has 2 heteroatoms. The molecule has 17 heavy (non-hydrogen) atoms. The molecule has 0 radical (unpaired) electrons. The highest BCUT2D eigenvalue weighted by molar-refractivity contribution is 6.80. The van der Waals surface area contributed by atoms with E-state index < -0.39 is 8.07 Å². The molecule has 0 aromatic heterocycles. The second-order valence-electron chi connectivity index (χ2n) is 6.40. The predicted octanol–water partition coefficient (Wildman–Crippen LogP) is 4.30. The fourth-order valence-corrected chi connectivity index (χ4v) is 6.44. The number of allylic oxidation sites excluding steroid dienone is 1. The molecule has 0 saturated heterocycles. The first kappa shape index (κ1) is 11.1. The summed E-state index contributed by atoms with van der Waals surface area (Å²) in [6.45, 7) is 7.42. The Morgan fingerprint density at radius 1 is 1.12 bits per heavy atom. The van der Waals surface area contributed by atoms with Crippen molar-refractivity contribution >= 4 is 8.07 Å². The Labute approximate surface area is 105 Å². The van der Waals surface area contributed by atoms with Crippen LogP contribution < -0.4 is 0 Å². The first-order valence-corrected chi connectivity index (χ1v) is 9.90. The van der Waals surface area contributed by atoms with Gasteiger partial charge in [0.2, 0.25) is 0 Å². The highest BCUT2D eigenvalue weighted by Crippen LogP contribution is 2.78. The molecule has 2 aliphatic rings. The van der Waals surface area contributed by atoms with Crippen LogP contribution in [0.25, 0.3) is 0 Å². The van der Waals surface area contributed by atoms with Crippen LogP contribution in [0.1, 0.15) is 18.4 Å². The predicted molar refractivity (Wildman–Crippen MR) is 73.6 cm³/mol. The van der Waals surface area contributed by atoms with Crippen LogP contribution in [0.2, 0.25) is 24.7 Å². The minimum Gasteiger partial charge on any atom is -0.490 e. The molecule has 2 unspecified atom stereocenters. The van der Waals surface area contributed by atoms with Crippen LogP contribution >= 0.6 is 0 Å². The summed E-state index contributed by atoms with van der Waals surface area (Å²) in [4.78, 5) is 0. The molecule has 1 fully saturated rings. The third kappa shape index (κ3) is 1.30. The molecule has 0 amide bonds. The van der Waals surface area contributed by atoms with Gasteiger partial charge in [-0.3, -0.25) is 0 Å². The second kappa shape index (κ2) is 3.26. The van der Waals surface area contributed by atoms with E-state index in [1.165, 1.54) is 18.4 Å². The molecule has 1 nitrogen and oxygen atoms in total. The average Bonchev–Trinajstić information content (AvgIpc) is 3.02. The van der Waals surface area contributed by atoms with Crippen molar-refractivity contribution in [1.29, 1.82) is 0 Å². The molecule has 1 aromatic carbocycles. The lowest BCUT2D eigenvalue weighted by Gasteiger charge is -2.36. The van der Waals surface area contributed by atoms with Crippen molar-refractivity contribution in [2.45, 2.75) is 43.1 Å². The van der Waals surface area contributed by atoms with Gasteiger partial charge in [-0.05, 0) is 24.5 Å². The summed E-state index contributed by atoms with van der Waals surface area (Å²) in [5.41, 5.74) is 1.36. The molecule has 1 aliphatic heterocycles. The molecule has 90 valence electrons. The number of benzene rings is 1. The van der Waals surface area contributed by atoms with Crippen molar-refractivity contribution in [2.24, 2.45) is 0 Å². The SMILES string of the molecule is C[Si](C)(C)C12CC=COC1(c1ccccc1)C2. The van der Waals surface area contributed by atoms with E-state index >= 15 is 0 Å². The van der Waals surface area contributed by atoms with Crippen molar-refractivity contribution < 1.29 is 4.74 Å². The monoisotopic (exact) mass is 244 g/mol. The Bertz CT molecular complexity index is 460. The smallest absolute Gasteiger partial charge is 0.137 e. The molecular weight excluding hydrogens is 224 g/mol. The van der Waals surface area contributed by atoms with Gasteiger partial charge in [-0.25, -0.2) is 0 Å². The Morgan fingerprint density at radius 2 is 1.82 bits per heavy atom. The lowest BCUT2D eigenvalue weighted by Crippen LogP contribution is -2.37. The lowest BCUT2D eigenvalue weighted by molar-refractivity contribution is 0.0953. The van der Waals surface area contributed by atoms with Gasteiger partial charge in [0, 0.05) is 5.04 Å². The van der Waals surface area contributed by atoms with Crippen LogP contribution in [0.15, 0.2) is 42.7 Å². The molecule has 0 spiro atoms. The summed E-state index contributed by atoms with van der Waals surface area (Å²) >= 11 is 0. The standard InChI is InChI=1S/C15H20OSi/c1-17(2,3)14-10-7-11-16-15(14,12-14)13-8-5-4-6-9-13/h4-9,11H,10,12H2,1-3H3. The average molecular weight is 244 g/mol. The fourth-order valence-electron chi connectivity index (χ4n) is 3.52. The van der Waals surface area contributed by atoms with E-state index in [9.17, 15) is 0 Å². The van der Waals surface area contributed by atoms with Crippen molar-refractivity contribution in [2.75, 3.05) is 0 Å². The number of rotatable bonds is 2. The maximum atomic E-state index is 6.11. The van der Waals surface area contributed by atoms with Gasteiger partial charge in [0.1, 0.15) is 5.60 Å². The maximum absolute atomic E-state index is 6.11. The molecule has 1 saturated carbocycles. The number of fused-ring (bicyclic) bond motifs is 1. The summed E-state index contributed by atoms with van der Waals surface area (Å²) in [5, 5.41) is 0.413. The Hall–Kier alpha value is -1.02. The zero-order valence-electron chi connectivity index (χ0n) is 10.9. The van der Waals surface area contributed by atoms with Crippen molar-refractivity contribution in [1.82, 2.24) is 0 Å². The zero-order chi connectivity index (χ0) is 12.1. The molecule has 1 aliphatic carbocycles. The van der Waals surface area contributed by atoms with Crippen LogP contribution in [-0.2, 0) is 10.3 Å². The number of ether oxygens (including phenoxy) is 1. The van der Waals surface area contributed by atoms with Crippen molar-refractivity contribution in [3.63, 3.8) is 0 Å². The highest BCUT2D eigenvalue weighted by atomic mass is 28.3. The first-order valence-electron chi connectivity index (χ1n) is 6.40. The highest BCUT2D eigenvalue weighted by Gasteiger charge is 2.75. The van der Waals surface area contributed by atoms with Crippen molar-refractivity contribution in [3.05, 3.63) is 48.2 Å². The van der Waals surface area contributed by atoms with Gasteiger partial charge in [0.15, 0.2) is 0 Å². The Morgan fingerprint density at radius 3 is 2.47 bits per heavy atom. The van der Waals surface area contributed by atoms with Gasteiger partial charge in [0.25, 0.3) is 0 Å². The third-order valence-corrected chi connectivity index (χ3v) is 8.36. The van der Waals surface area contributed by atoms with Gasteiger partial charge in [-0.2, -0.15) is 0 Å². The maximum Gasteiger partial charge on any atom is 0.137 e. The van der Waals surface area contributed by atoms with Crippen LogP contribution in [0.5, 0.6) is 0 Å². The van der Waals surface area contributed by atoms with Gasteiger partial charge < -0.3 is 4.74 Å². The van der Waals surface area contributed by atoms with E-state index in [2.05, 4.69) is 56.0 Å². The van der Waals surface area contributed by atoms with Crippen molar-refractivity contribution in [3.8, 4) is 0 Å². The summed E-state index contributed by atoms with van der Waals surface area (Å²) in [6, 6.07) is 10.8. The minimum absolute atomic E-state index is 0.00647. The normalized spacial score (nSPS) is 35.0. The van der Waals surface area contributed by atoms with Gasteiger partial charge in [-0.1, -0.05) is 50.0 Å². The van der Waals surface area contributed by atoms with E-state index in [0.717, 1.165) is 0 Å².